The van der Waals surface area contributed by atoms with E-state index in [-0.39, 0.29) is 0 Å². The third-order valence-electron chi connectivity index (χ3n) is 18.6. The minimum atomic E-state index is -3.96. The normalized spacial score (nSPS) is 13.6. The molecule has 34 heteroatoms. The Labute approximate surface area is 599 Å². The fraction of sp³-hybridized carbons (Fsp3) is 0.507. The van der Waals surface area contributed by atoms with Crippen LogP contribution in [-0.2, 0) is 0 Å². The van der Waals surface area contributed by atoms with Crippen LogP contribution in [0.15, 0.2) is 0 Å². The summed E-state index contributed by atoms with van der Waals surface area (Å²) in [5, 5.41) is 7.49. The SMILES string of the molecule is CCCCCCCCCCCCCCCCCC1NCNC1CCCCCCCCCCCCCCCCC.Fc1c(F)c(F)c(B(c2c(F)c(F)c(F)c(F)c2F)c2c(F)c(F)c(F)c(F)c2F)c(F)c1F.Fc1c(F)c(F)c(B(c2c(F)c(F)c(F)c(F)c2F)c2c(F)c(F)c(F)c(F)c2F)c(F)c1F. The molecule has 0 saturated carbocycles. The molecule has 1 heterocycles. The summed E-state index contributed by atoms with van der Waals surface area (Å²) >= 11 is 0. The van der Waals surface area contributed by atoms with Crippen molar-refractivity contribution >= 4 is 46.2 Å². The summed E-state index contributed by atoms with van der Waals surface area (Å²) in [5.74, 6) is -90.4. The van der Waals surface area contributed by atoms with Crippen LogP contribution in [0.3, 0.4) is 0 Å². The standard InChI is InChI=1S/C37H76N2.2C18BF15/c1-3-5-7-9-11-13-15-17-19-21-23-25-27-29-31-33-36-37(39-35-38-36)34-32-30-28-26-24-22-20-18-16-14-12-10-8-6-4-2;2*20-4-1(5(21)11(27)16(32)10(4)26)19(2-6(22)12(28)17(33)13(29)7(2)23)3-8(24)14(30)18(34)15(31)9(3)25/h36-39H,3-35H2,1-2H3;;. The van der Waals surface area contributed by atoms with Gasteiger partial charge in [0.15, 0.2) is 175 Å². The lowest BCUT2D eigenvalue weighted by Gasteiger charge is -2.21. The third kappa shape index (κ3) is 22.3. The molecule has 0 radical (unpaired) electrons. The summed E-state index contributed by atoms with van der Waals surface area (Å²) < 4.78 is 417. The highest BCUT2D eigenvalue weighted by Gasteiger charge is 2.48. The van der Waals surface area contributed by atoms with E-state index in [9.17, 15) is 132 Å². The highest BCUT2D eigenvalue weighted by atomic mass is 19.2. The summed E-state index contributed by atoms with van der Waals surface area (Å²) in [4.78, 5) is 0. The molecule has 1 fully saturated rings. The second-order valence-corrected chi connectivity index (χ2v) is 26.0. The molecule has 0 aromatic heterocycles. The Hall–Kier alpha value is -6.73. The van der Waals surface area contributed by atoms with Crippen molar-refractivity contribution < 1.29 is 132 Å². The zero-order valence-corrected chi connectivity index (χ0v) is 58.0. The Morgan fingerprint density at radius 1 is 0.178 bits per heavy atom. The van der Waals surface area contributed by atoms with Crippen molar-refractivity contribution in [1.82, 2.24) is 10.6 Å². The number of halogens is 30. The van der Waals surface area contributed by atoms with Crippen LogP contribution in [0, 0.1) is 175 Å². The van der Waals surface area contributed by atoms with Gasteiger partial charge in [0.25, 0.3) is 13.4 Å². The van der Waals surface area contributed by atoms with Crippen molar-refractivity contribution in [3.63, 3.8) is 0 Å². The molecule has 0 aliphatic carbocycles. The third-order valence-corrected chi connectivity index (χ3v) is 18.6. The largest absolute Gasteiger partial charge is 0.300 e. The molecule has 7 rings (SSSR count). The lowest BCUT2D eigenvalue weighted by Crippen LogP contribution is -2.60. The van der Waals surface area contributed by atoms with Crippen LogP contribution in [-0.4, -0.2) is 32.2 Å². The van der Waals surface area contributed by atoms with Crippen LogP contribution in [0.5, 0.6) is 0 Å². The minimum Gasteiger partial charge on any atom is -0.300 e. The van der Waals surface area contributed by atoms with Gasteiger partial charge in [-0.25, -0.2) is 132 Å². The molecule has 107 heavy (non-hydrogen) atoms. The lowest BCUT2D eigenvalue weighted by atomic mass is 9.36. The molecule has 6 aromatic rings. The summed E-state index contributed by atoms with van der Waals surface area (Å²) in [5.41, 5.74) is -16.1. The maximum absolute atomic E-state index is 14.4. The Bertz CT molecular complexity index is 3200. The fourth-order valence-electron chi connectivity index (χ4n) is 12.8. The molecule has 0 amide bonds. The van der Waals surface area contributed by atoms with E-state index in [4.69, 9.17) is 0 Å². The van der Waals surface area contributed by atoms with Crippen LogP contribution < -0.4 is 43.4 Å². The van der Waals surface area contributed by atoms with Crippen molar-refractivity contribution in [3.05, 3.63) is 175 Å². The highest BCUT2D eigenvalue weighted by Crippen LogP contribution is 2.29. The van der Waals surface area contributed by atoms with Crippen molar-refractivity contribution in [1.29, 1.82) is 0 Å². The van der Waals surface area contributed by atoms with Crippen LogP contribution in [0.4, 0.5) is 132 Å². The molecular weight excluding hydrogens is 1500 g/mol. The summed E-state index contributed by atoms with van der Waals surface area (Å²) in [6, 6.07) is 1.47. The van der Waals surface area contributed by atoms with E-state index < -0.39 is 221 Å². The monoisotopic (exact) mass is 1570 g/mol. The molecule has 594 valence electrons. The first-order valence-corrected chi connectivity index (χ1v) is 35.3. The zero-order valence-electron chi connectivity index (χ0n) is 58.0. The van der Waals surface area contributed by atoms with E-state index in [1.807, 2.05) is 0 Å². The smallest absolute Gasteiger partial charge is 0.265 e. The Balaban J connectivity index is 0.000000289. The van der Waals surface area contributed by atoms with Crippen LogP contribution in [0.2, 0.25) is 0 Å². The highest BCUT2D eigenvalue weighted by molar-refractivity contribution is 6.96. The first-order chi connectivity index (χ1) is 50.7. The number of benzene rings is 6. The van der Waals surface area contributed by atoms with E-state index in [0.717, 1.165) is 18.8 Å². The molecule has 1 aliphatic heterocycles. The molecule has 2 N–H and O–H groups in total. The molecule has 2 atom stereocenters. The predicted molar refractivity (Wildman–Crippen MR) is 345 cm³/mol. The number of rotatable bonds is 38. The van der Waals surface area contributed by atoms with Gasteiger partial charge in [-0.1, -0.05) is 206 Å². The van der Waals surface area contributed by atoms with Crippen molar-refractivity contribution in [3.8, 4) is 0 Å². The van der Waals surface area contributed by atoms with Gasteiger partial charge >= 0.3 is 0 Å². The van der Waals surface area contributed by atoms with E-state index >= 15 is 0 Å². The molecular formula is C73H76B2F30N2. The van der Waals surface area contributed by atoms with Gasteiger partial charge in [0, 0.05) is 51.5 Å². The van der Waals surface area contributed by atoms with Crippen LogP contribution in [0.1, 0.15) is 219 Å². The van der Waals surface area contributed by atoms with E-state index in [1.165, 1.54) is 205 Å². The Kier molecular flexibility index (Phi) is 37.0. The first-order valence-electron chi connectivity index (χ1n) is 35.3. The van der Waals surface area contributed by atoms with Gasteiger partial charge in [-0.3, -0.25) is 0 Å². The summed E-state index contributed by atoms with van der Waals surface area (Å²) in [7, 11) is 0. The maximum atomic E-state index is 14.4. The van der Waals surface area contributed by atoms with Gasteiger partial charge < -0.3 is 10.6 Å². The molecule has 2 nitrogen and oxygen atoms in total. The molecule has 0 spiro atoms. The van der Waals surface area contributed by atoms with Crippen LogP contribution in [0.25, 0.3) is 0 Å². The van der Waals surface area contributed by atoms with Crippen molar-refractivity contribution in [2.45, 2.75) is 231 Å². The van der Waals surface area contributed by atoms with Gasteiger partial charge in [-0.15, -0.1) is 0 Å². The van der Waals surface area contributed by atoms with Crippen LogP contribution >= 0.6 is 0 Å². The Morgan fingerprint density at radius 3 is 0.421 bits per heavy atom. The van der Waals surface area contributed by atoms with E-state index in [0.29, 0.717) is 0 Å². The predicted octanol–water partition coefficient (Wildman–Crippen LogP) is 21.0. The van der Waals surface area contributed by atoms with E-state index in [2.05, 4.69) is 24.5 Å². The quantitative estimate of drug-likeness (QED) is 0.0133. The lowest BCUT2D eigenvalue weighted by molar-refractivity contribution is 0.380. The van der Waals surface area contributed by atoms with Gasteiger partial charge in [-0.2, -0.15) is 0 Å². The second kappa shape index (κ2) is 43.6. The van der Waals surface area contributed by atoms with Gasteiger partial charge in [0.1, 0.15) is 0 Å². The maximum Gasteiger partial charge on any atom is 0.265 e. The zero-order chi connectivity index (χ0) is 79.8. The minimum absolute atomic E-state index is 0.735. The van der Waals surface area contributed by atoms with Crippen molar-refractivity contribution in [2.75, 3.05) is 6.67 Å². The first kappa shape index (κ1) is 90.9. The molecule has 1 saturated heterocycles. The van der Waals surface area contributed by atoms with Gasteiger partial charge in [0.05, 0.1) is 0 Å². The molecule has 1 aliphatic rings. The summed E-state index contributed by atoms with van der Waals surface area (Å²) in [6.45, 7) is -2.27. The van der Waals surface area contributed by atoms with Crippen molar-refractivity contribution in [2.24, 2.45) is 0 Å². The van der Waals surface area contributed by atoms with E-state index in [1.54, 1.807) is 0 Å². The fourth-order valence-corrected chi connectivity index (χ4v) is 12.8. The van der Waals surface area contributed by atoms with Gasteiger partial charge in [0.2, 0.25) is 0 Å². The second-order valence-electron chi connectivity index (χ2n) is 26.0. The average Bonchev–Trinajstić information content (AvgIpc) is 0.853. The number of hydrogen-bond donors (Lipinski definition) is 2. The average molecular weight is 1570 g/mol. The Morgan fingerprint density at radius 2 is 0.290 bits per heavy atom. The molecule has 0 bridgehead atoms. The molecule has 6 aromatic carbocycles. The molecule has 2 unspecified atom stereocenters. The number of nitrogens with one attached hydrogen (secondary N) is 2. The number of hydrogen-bond acceptors (Lipinski definition) is 2. The van der Waals surface area contributed by atoms with Gasteiger partial charge in [-0.05, 0) is 12.8 Å². The topological polar surface area (TPSA) is 24.1 Å². The number of unbranched alkanes of at least 4 members (excludes halogenated alkanes) is 28. The summed E-state index contributed by atoms with van der Waals surface area (Å²) in [6.07, 6.45) is 46.6.